The Morgan fingerprint density at radius 2 is 1.76 bits per heavy atom. The van der Waals surface area contributed by atoms with Crippen LogP contribution in [-0.4, -0.2) is 15.7 Å². The molecule has 0 unspecified atom stereocenters. The van der Waals surface area contributed by atoms with Crippen LogP contribution in [-0.2, 0) is 13.0 Å². The lowest BCUT2D eigenvalue weighted by atomic mass is 10.1. The molecular weight excluding hydrogens is 310 g/mol. The van der Waals surface area contributed by atoms with E-state index >= 15 is 0 Å². The van der Waals surface area contributed by atoms with Crippen molar-refractivity contribution in [2.75, 3.05) is 5.32 Å². The van der Waals surface area contributed by atoms with Crippen LogP contribution in [0.5, 0.6) is 0 Å². The van der Waals surface area contributed by atoms with Crippen molar-refractivity contribution >= 4 is 11.6 Å². The Morgan fingerprint density at radius 1 is 1.04 bits per heavy atom. The highest BCUT2D eigenvalue weighted by atomic mass is 16.1. The molecule has 0 atom stereocenters. The number of unbranched alkanes of at least 4 members (excludes halogenated alkanes) is 1. The minimum absolute atomic E-state index is 0.0908. The maximum Gasteiger partial charge on any atom is 0.255 e. The molecule has 0 bridgehead atoms. The topological polar surface area (TPSA) is 46.9 Å². The maximum absolute atomic E-state index is 12.4. The number of nitrogens with one attached hydrogen (secondary N) is 1. The van der Waals surface area contributed by atoms with Crippen molar-refractivity contribution in [3.05, 3.63) is 83.7 Å². The van der Waals surface area contributed by atoms with Gasteiger partial charge in [-0.1, -0.05) is 37.6 Å². The third-order valence-electron chi connectivity index (χ3n) is 4.15. The van der Waals surface area contributed by atoms with Crippen molar-refractivity contribution in [2.45, 2.75) is 32.7 Å². The molecule has 0 aliphatic carbocycles. The lowest BCUT2D eigenvalue weighted by molar-refractivity contribution is 0.102. The predicted molar refractivity (Wildman–Crippen MR) is 101 cm³/mol. The standard InChI is InChI=1S/C21H23N3O/c1-2-3-5-17-8-12-20(13-9-17)23-21(25)19-10-6-18(7-11-19)16-24-15-4-14-22-24/h4,6-15H,2-3,5,16H2,1H3,(H,23,25). The zero-order valence-corrected chi connectivity index (χ0v) is 14.5. The van der Waals surface area contributed by atoms with Gasteiger partial charge >= 0.3 is 0 Å². The van der Waals surface area contributed by atoms with E-state index in [9.17, 15) is 4.79 Å². The summed E-state index contributed by atoms with van der Waals surface area (Å²) in [5.74, 6) is -0.0908. The van der Waals surface area contributed by atoms with E-state index in [2.05, 4.69) is 29.5 Å². The first-order valence-corrected chi connectivity index (χ1v) is 8.71. The predicted octanol–water partition coefficient (Wildman–Crippen LogP) is 4.53. The Labute approximate surface area is 148 Å². The van der Waals surface area contributed by atoms with Crippen molar-refractivity contribution in [2.24, 2.45) is 0 Å². The number of aryl methyl sites for hydroxylation is 1. The first-order chi connectivity index (χ1) is 12.2. The molecule has 128 valence electrons. The van der Waals surface area contributed by atoms with Crippen molar-refractivity contribution in [3.8, 4) is 0 Å². The summed E-state index contributed by atoms with van der Waals surface area (Å²) in [6.45, 7) is 2.89. The lowest BCUT2D eigenvalue weighted by Gasteiger charge is -2.08. The summed E-state index contributed by atoms with van der Waals surface area (Å²) in [6, 6.07) is 17.6. The minimum Gasteiger partial charge on any atom is -0.322 e. The molecule has 1 N–H and O–H groups in total. The fourth-order valence-electron chi connectivity index (χ4n) is 2.68. The molecule has 0 aliphatic rings. The molecule has 0 radical (unpaired) electrons. The molecule has 0 saturated carbocycles. The number of rotatable bonds is 7. The number of carbonyl (C=O) groups is 1. The molecule has 2 aromatic carbocycles. The third-order valence-corrected chi connectivity index (χ3v) is 4.15. The highest BCUT2D eigenvalue weighted by Gasteiger charge is 2.06. The quantitative estimate of drug-likeness (QED) is 0.690. The van der Waals surface area contributed by atoms with Gasteiger partial charge in [0, 0.05) is 23.6 Å². The molecule has 0 aliphatic heterocycles. The number of hydrogen-bond acceptors (Lipinski definition) is 2. The monoisotopic (exact) mass is 333 g/mol. The minimum atomic E-state index is -0.0908. The maximum atomic E-state index is 12.4. The van der Waals surface area contributed by atoms with Crippen molar-refractivity contribution in [1.82, 2.24) is 9.78 Å². The zero-order valence-electron chi connectivity index (χ0n) is 14.5. The Balaban J connectivity index is 1.59. The van der Waals surface area contributed by atoms with Crippen LogP contribution >= 0.6 is 0 Å². The second-order valence-corrected chi connectivity index (χ2v) is 6.16. The first kappa shape index (κ1) is 17.0. The van der Waals surface area contributed by atoms with Gasteiger partial charge in [-0.3, -0.25) is 9.48 Å². The lowest BCUT2D eigenvalue weighted by Crippen LogP contribution is -2.12. The molecule has 4 nitrogen and oxygen atoms in total. The average molecular weight is 333 g/mol. The van der Waals surface area contributed by atoms with Gasteiger partial charge in [0.1, 0.15) is 0 Å². The highest BCUT2D eigenvalue weighted by Crippen LogP contribution is 2.14. The van der Waals surface area contributed by atoms with E-state index in [1.165, 1.54) is 18.4 Å². The number of amides is 1. The van der Waals surface area contributed by atoms with Gasteiger partial charge in [-0.15, -0.1) is 0 Å². The fraction of sp³-hybridized carbons (Fsp3) is 0.238. The van der Waals surface area contributed by atoms with Crippen LogP contribution in [0.2, 0.25) is 0 Å². The van der Waals surface area contributed by atoms with Gasteiger partial charge in [0.15, 0.2) is 0 Å². The average Bonchev–Trinajstić information content (AvgIpc) is 3.15. The van der Waals surface area contributed by atoms with Gasteiger partial charge in [0.25, 0.3) is 5.91 Å². The molecule has 0 saturated heterocycles. The molecular formula is C21H23N3O. The van der Waals surface area contributed by atoms with Crippen LogP contribution in [0.1, 0.15) is 41.3 Å². The second kappa shape index (κ2) is 8.29. The smallest absolute Gasteiger partial charge is 0.255 e. The normalized spacial score (nSPS) is 10.6. The Hall–Kier alpha value is -2.88. The summed E-state index contributed by atoms with van der Waals surface area (Å²) < 4.78 is 1.86. The van der Waals surface area contributed by atoms with Crippen LogP contribution in [0, 0.1) is 0 Å². The largest absolute Gasteiger partial charge is 0.322 e. The Morgan fingerprint density at radius 3 is 2.40 bits per heavy atom. The Bertz CT molecular complexity index is 790. The number of anilines is 1. The van der Waals surface area contributed by atoms with Gasteiger partial charge in [-0.05, 0) is 54.3 Å². The van der Waals surface area contributed by atoms with E-state index in [-0.39, 0.29) is 5.91 Å². The van der Waals surface area contributed by atoms with Crippen LogP contribution in [0.3, 0.4) is 0 Å². The number of aromatic nitrogens is 2. The molecule has 25 heavy (non-hydrogen) atoms. The van der Waals surface area contributed by atoms with Crippen LogP contribution in [0.15, 0.2) is 67.0 Å². The molecule has 0 spiro atoms. The zero-order chi connectivity index (χ0) is 17.5. The van der Waals surface area contributed by atoms with Gasteiger partial charge in [-0.2, -0.15) is 5.10 Å². The highest BCUT2D eigenvalue weighted by molar-refractivity contribution is 6.04. The number of nitrogens with zero attached hydrogens (tertiary/aromatic N) is 2. The first-order valence-electron chi connectivity index (χ1n) is 8.71. The van der Waals surface area contributed by atoms with Gasteiger partial charge < -0.3 is 5.32 Å². The summed E-state index contributed by atoms with van der Waals surface area (Å²) in [7, 11) is 0. The van der Waals surface area contributed by atoms with Gasteiger partial charge in [0.2, 0.25) is 0 Å². The van der Waals surface area contributed by atoms with Crippen molar-refractivity contribution in [3.63, 3.8) is 0 Å². The fourth-order valence-corrected chi connectivity index (χ4v) is 2.68. The van der Waals surface area contributed by atoms with Crippen LogP contribution in [0.25, 0.3) is 0 Å². The van der Waals surface area contributed by atoms with E-state index in [1.807, 2.05) is 53.3 Å². The summed E-state index contributed by atoms with van der Waals surface area (Å²) in [5.41, 5.74) is 3.90. The number of hydrogen-bond donors (Lipinski definition) is 1. The van der Waals surface area contributed by atoms with Gasteiger partial charge in [0.05, 0.1) is 6.54 Å². The third kappa shape index (κ3) is 4.80. The summed E-state index contributed by atoms with van der Waals surface area (Å²) in [5, 5.41) is 7.14. The molecule has 1 amide bonds. The summed E-state index contributed by atoms with van der Waals surface area (Å²) in [6.07, 6.45) is 7.15. The van der Waals surface area contributed by atoms with E-state index in [1.54, 1.807) is 6.20 Å². The van der Waals surface area contributed by atoms with Gasteiger partial charge in [-0.25, -0.2) is 0 Å². The van der Waals surface area contributed by atoms with E-state index in [0.717, 1.165) is 17.7 Å². The summed E-state index contributed by atoms with van der Waals surface area (Å²) in [4.78, 5) is 12.4. The van der Waals surface area contributed by atoms with Crippen LogP contribution in [0.4, 0.5) is 5.69 Å². The van der Waals surface area contributed by atoms with Crippen molar-refractivity contribution in [1.29, 1.82) is 0 Å². The number of benzene rings is 2. The Kier molecular flexibility index (Phi) is 5.62. The molecule has 3 aromatic rings. The molecule has 1 heterocycles. The molecule has 0 fully saturated rings. The van der Waals surface area contributed by atoms with E-state index in [0.29, 0.717) is 12.1 Å². The van der Waals surface area contributed by atoms with Crippen molar-refractivity contribution < 1.29 is 4.79 Å². The SMILES string of the molecule is CCCCc1ccc(NC(=O)c2ccc(Cn3cccn3)cc2)cc1. The molecule has 4 heteroatoms. The second-order valence-electron chi connectivity index (χ2n) is 6.16. The van der Waals surface area contributed by atoms with E-state index in [4.69, 9.17) is 0 Å². The van der Waals surface area contributed by atoms with E-state index < -0.39 is 0 Å². The molecule has 3 rings (SSSR count). The molecule has 1 aromatic heterocycles. The number of carbonyl (C=O) groups excluding carboxylic acids is 1. The van der Waals surface area contributed by atoms with Crippen LogP contribution < -0.4 is 5.32 Å². The summed E-state index contributed by atoms with van der Waals surface area (Å²) >= 11 is 0.